The molecule has 730 valence electrons. The van der Waals surface area contributed by atoms with Crippen molar-refractivity contribution in [3.05, 3.63) is 120 Å². The predicted octanol–water partition coefficient (Wildman–Crippen LogP) is -5.26. The van der Waals surface area contributed by atoms with Gasteiger partial charge in [0.25, 0.3) is 0 Å². The molecule has 18 amide bonds. The first-order valence-corrected chi connectivity index (χ1v) is 45.1. The van der Waals surface area contributed by atoms with Gasteiger partial charge in [0.05, 0.1) is 43.5 Å². The molecule has 0 radical (unpaired) electrons. The number of aromatic hydroxyl groups is 1. The predicted molar refractivity (Wildman–Crippen MR) is 483 cm³/mol. The maximum absolute atomic E-state index is 15.7. The van der Waals surface area contributed by atoms with Gasteiger partial charge in [0.15, 0.2) is 0 Å². The van der Waals surface area contributed by atoms with E-state index in [9.17, 15) is 73.2 Å². The average Bonchev–Trinajstić information content (AvgIpc) is 1.66. The molecule has 3 aliphatic heterocycles. The molecule has 0 aliphatic carbocycles. The van der Waals surface area contributed by atoms with Gasteiger partial charge in [0.2, 0.25) is 106 Å². The Hall–Kier alpha value is -14.1. The topological polar surface area (TPSA) is 689 Å². The number of aromatic amines is 3. The van der Waals surface area contributed by atoms with Crippen LogP contribution in [0, 0.1) is 0 Å². The number of aromatic nitrogens is 4. The second-order valence-corrected chi connectivity index (χ2v) is 34.5. The number of phenols is 1. The van der Waals surface area contributed by atoms with Gasteiger partial charge in [-0.05, 0) is 80.0 Å². The number of H-pyrrole nitrogens is 3. The number of methoxy groups -OCH3 is 1. The number of primary amides is 3. The molecule has 0 unspecified atom stereocenters. The van der Waals surface area contributed by atoms with Crippen LogP contribution in [0.3, 0.4) is 0 Å². The highest BCUT2D eigenvalue weighted by Gasteiger charge is 2.47. The van der Waals surface area contributed by atoms with E-state index in [-0.39, 0.29) is 76.0 Å². The van der Waals surface area contributed by atoms with E-state index in [0.29, 0.717) is 56.7 Å². The molecule has 0 saturated carbocycles. The number of amides is 18. The van der Waals surface area contributed by atoms with Crippen molar-refractivity contribution < 1.29 is 116 Å². The highest BCUT2D eigenvalue weighted by Crippen LogP contribution is 2.28. The number of hydrogen-bond donors (Lipinski definition) is 20. The minimum Gasteiger partial charge on any atom is -0.508 e. The number of carboxylic acids is 1. The molecule has 6 heterocycles. The van der Waals surface area contributed by atoms with Crippen LogP contribution < -0.4 is 70.4 Å². The van der Waals surface area contributed by atoms with Gasteiger partial charge < -0.3 is 135 Å². The molecule has 3 aliphatic rings. The van der Waals surface area contributed by atoms with Gasteiger partial charge in [-0.25, -0.2) is 4.98 Å². The maximum atomic E-state index is 15.7. The summed E-state index contributed by atoms with van der Waals surface area (Å²) in [7, 11) is 4.95. The Balaban J connectivity index is 1.10. The quantitative estimate of drug-likeness (QED) is 0.0241. The average molecular weight is 1900 g/mol. The number of ether oxygens (including phenoxy) is 1. The van der Waals surface area contributed by atoms with E-state index in [1.807, 2.05) is 0 Å². The van der Waals surface area contributed by atoms with Gasteiger partial charge in [-0.15, -0.1) is 11.8 Å². The van der Waals surface area contributed by atoms with Crippen LogP contribution in [0.15, 0.2) is 97.7 Å². The Bertz CT molecular complexity index is 5290. The zero-order valence-electron chi connectivity index (χ0n) is 75.4. The van der Waals surface area contributed by atoms with Crippen LogP contribution in [0.4, 0.5) is 0 Å². The molecule has 3 aromatic heterocycles. The Morgan fingerprint density at radius 2 is 1.10 bits per heavy atom. The Morgan fingerprint density at radius 3 is 1.70 bits per heavy atom. The van der Waals surface area contributed by atoms with Crippen molar-refractivity contribution in [2.75, 3.05) is 72.6 Å². The molecule has 9 rings (SSSR count). The van der Waals surface area contributed by atoms with Crippen LogP contribution in [0.1, 0.15) is 113 Å². The van der Waals surface area contributed by atoms with Gasteiger partial charge in [0.1, 0.15) is 90.3 Å². The SMILES string of the molecule is CCCC[C@H]1C(=O)N(C)[C@@H](CCOC)C(=O)N[C@@H](CCC(=O)O)C(=O)N[C@H](C(=O)NCC(N)=O)CSCC(=O)N[C@@H](Cc2ccc(O)cc2)C(=O)N(C)[C@@H](C)C(=O)N[C@H](CC(N)=O)C(=O)N2CCC[C@H]2C(=O)N[C@@H](Cc2c[nH]cn2)C(=O)N[C@@H](CCC(N)=O)C(=O)N2C[C@H](O)C[C@H]2C(=O)N[C@@H](Cc2c[nH]c3ccccc23)C(=O)N[C@@H](CO)C(=O)N[C@@H](Cc2c[nH]c3ccccc23)C(=O)N1C. The molecule has 0 spiro atoms. The number of para-hydroxylation sites is 2. The third-order valence-electron chi connectivity index (χ3n) is 23.7. The summed E-state index contributed by atoms with van der Waals surface area (Å²) in [6.07, 6.45) is -0.786. The molecule has 6 aromatic rings. The van der Waals surface area contributed by atoms with Gasteiger partial charge in [-0.2, -0.15) is 0 Å². The molecular formula is C88H118N22O24S. The van der Waals surface area contributed by atoms with Crippen molar-refractivity contribution >= 4 is 146 Å². The number of fused-ring (bicyclic) bond motifs is 4. The van der Waals surface area contributed by atoms with Crippen molar-refractivity contribution in [3.8, 4) is 5.75 Å². The second kappa shape index (κ2) is 49.6. The number of aliphatic hydroxyl groups is 2. The molecule has 46 nitrogen and oxygen atoms in total. The van der Waals surface area contributed by atoms with E-state index in [4.69, 9.17) is 21.9 Å². The van der Waals surface area contributed by atoms with E-state index in [1.165, 1.54) is 72.0 Å². The fourth-order valence-corrected chi connectivity index (χ4v) is 17.1. The lowest BCUT2D eigenvalue weighted by atomic mass is 10.0. The number of carbonyl (C=O) groups excluding carboxylic acids is 18. The van der Waals surface area contributed by atoms with Crippen molar-refractivity contribution in [1.82, 2.24) is 97.6 Å². The number of thioether (sulfide) groups is 1. The van der Waals surface area contributed by atoms with Crippen LogP contribution in [0.5, 0.6) is 5.75 Å². The zero-order valence-corrected chi connectivity index (χ0v) is 76.3. The molecular weight excluding hydrogens is 1780 g/mol. The monoisotopic (exact) mass is 1900 g/mol. The lowest BCUT2D eigenvalue weighted by Crippen LogP contribution is -2.62. The first kappa shape index (κ1) is 105. The first-order valence-electron chi connectivity index (χ1n) is 44.0. The van der Waals surface area contributed by atoms with Crippen molar-refractivity contribution in [3.63, 3.8) is 0 Å². The summed E-state index contributed by atoms with van der Waals surface area (Å²) >= 11 is 0.681. The number of carbonyl (C=O) groups is 19. The standard InChI is InChI=1S/C88H118N22O24S/c1-7-8-18-68-88(133)107(4)66(28-30-134-6)81(126)98-57(25-27-74(118)119)77(122)105-65(76(121)95-40-72(91)116)43-135-44-73(117)97-61(31-47-20-22-51(112)23-21-47)84(129)106(3)46(2)75(120)102-63(36-71(90)115)87(132)109-29-13-19-67(109)82(127)101-60(34-50-39-92-45-96-50)79(124)99-58(24-26-70(89)114)86(131)110-41-52(113)35-69(110)83(128)100-59(32-48-37-93-55-16-11-9-14-53(48)55)78(123)104-64(42-111)80(125)103-62(85(130)108(68)5)33-49-38-94-56-17-12-10-15-54(49)56/h9-12,14-17,20-23,37-39,45-46,52,57-69,93-94,111-113H,7-8,13,18-19,24-36,40-44H2,1-6H3,(H2,89,114)(H2,90,115)(H2,91,116)(H,92,96)(H,95,121)(H,97,117)(H,98,126)(H,99,124)(H,100,128)(H,101,127)(H,102,120)(H,103,125)(H,104,123)(H,105,122)(H,118,119)/t46-,52+,57-,58-,59-,60-,61-,62-,63+,64-,65-,66-,67-,68-,69-/m0/s1. The number of likely N-dealkylation sites (N-methyl/N-ethyl adjacent to an activating group) is 3. The largest absolute Gasteiger partial charge is 0.508 e. The van der Waals surface area contributed by atoms with Crippen LogP contribution in [-0.4, -0.2) is 340 Å². The van der Waals surface area contributed by atoms with Crippen LogP contribution in [0.25, 0.3) is 21.8 Å². The number of phenolic OH excluding ortho intramolecular Hbond substituents is 1. The summed E-state index contributed by atoms with van der Waals surface area (Å²) in [5, 5.41) is 69.3. The molecule has 3 aromatic carbocycles. The number of aliphatic carboxylic acids is 1. The Morgan fingerprint density at radius 1 is 0.548 bits per heavy atom. The number of nitrogens with zero attached hydrogens (tertiary/aromatic N) is 6. The van der Waals surface area contributed by atoms with E-state index in [1.54, 1.807) is 67.8 Å². The third kappa shape index (κ3) is 29.0. The molecule has 15 atom stereocenters. The highest BCUT2D eigenvalue weighted by atomic mass is 32.2. The van der Waals surface area contributed by atoms with E-state index >= 15 is 38.4 Å². The van der Waals surface area contributed by atoms with Crippen LogP contribution in [-0.2, 0) is 122 Å². The second-order valence-electron chi connectivity index (χ2n) is 33.4. The van der Waals surface area contributed by atoms with Gasteiger partial charge in [0, 0.05) is 145 Å². The fraction of sp³-hybridized carbons (Fsp3) is 0.500. The summed E-state index contributed by atoms with van der Waals surface area (Å²) in [4.78, 5) is 292. The van der Waals surface area contributed by atoms with Crippen LogP contribution in [0.2, 0.25) is 0 Å². The lowest BCUT2D eigenvalue weighted by molar-refractivity contribution is -0.149. The minimum absolute atomic E-state index is 0.0813. The van der Waals surface area contributed by atoms with E-state index < -0.39 is 279 Å². The van der Waals surface area contributed by atoms with Gasteiger partial charge in [-0.3, -0.25) is 91.1 Å². The number of aliphatic hydroxyl groups excluding tert-OH is 2. The summed E-state index contributed by atoms with van der Waals surface area (Å²) in [5.41, 5.74) is 19.3. The number of benzene rings is 3. The highest BCUT2D eigenvalue weighted by molar-refractivity contribution is 8.00. The van der Waals surface area contributed by atoms with E-state index in [0.717, 1.165) is 24.5 Å². The molecule has 3 saturated heterocycles. The summed E-state index contributed by atoms with van der Waals surface area (Å²) in [6, 6.07) is -4.44. The number of carboxylic acid groups (broad SMARTS) is 1. The number of hydrogen-bond acceptors (Lipinski definition) is 25. The third-order valence-corrected chi connectivity index (χ3v) is 24.7. The number of unbranched alkanes of at least 4 members (excludes halogenated alkanes) is 1. The Kier molecular flexibility index (Phi) is 38.4. The first-order chi connectivity index (χ1) is 64.3. The number of imidazole rings is 1. The summed E-state index contributed by atoms with van der Waals surface area (Å²) in [6.45, 7) is 0.0621. The summed E-state index contributed by atoms with van der Waals surface area (Å²) in [5.74, 6) is -21.6. The normalized spacial score (nSPS) is 24.7. The molecule has 23 N–H and O–H groups in total. The van der Waals surface area contributed by atoms with Crippen molar-refractivity contribution in [1.29, 1.82) is 0 Å². The van der Waals surface area contributed by atoms with Crippen LogP contribution >= 0.6 is 11.8 Å². The minimum atomic E-state index is -1.96. The molecule has 0 bridgehead atoms. The molecule has 135 heavy (non-hydrogen) atoms. The number of nitrogens with one attached hydrogen (secondary N) is 13. The van der Waals surface area contributed by atoms with Gasteiger partial charge >= 0.3 is 5.97 Å². The van der Waals surface area contributed by atoms with Gasteiger partial charge in [-0.1, -0.05) is 68.3 Å². The van der Waals surface area contributed by atoms with E-state index in [2.05, 4.69) is 73.1 Å². The summed E-state index contributed by atoms with van der Waals surface area (Å²) < 4.78 is 5.39. The maximum Gasteiger partial charge on any atom is 0.303 e. The fourth-order valence-electron chi connectivity index (χ4n) is 16.2. The van der Waals surface area contributed by atoms with Crippen molar-refractivity contribution in [2.45, 2.75) is 207 Å². The Labute approximate surface area is 779 Å². The molecule has 47 heteroatoms. The number of rotatable bonds is 26. The van der Waals surface area contributed by atoms with Crippen molar-refractivity contribution in [2.24, 2.45) is 17.2 Å². The molecule has 3 fully saturated rings. The zero-order chi connectivity index (χ0) is 98.6. The lowest BCUT2D eigenvalue weighted by Gasteiger charge is -2.36. The number of nitrogens with two attached hydrogens (primary N) is 3. The smallest absolute Gasteiger partial charge is 0.303 e.